The van der Waals surface area contributed by atoms with Crippen molar-refractivity contribution < 1.29 is 14.7 Å². The van der Waals surface area contributed by atoms with Crippen LogP contribution in [-0.4, -0.2) is 21.9 Å². The predicted octanol–water partition coefficient (Wildman–Crippen LogP) is 6.06. The van der Waals surface area contributed by atoms with E-state index in [0.717, 1.165) is 29.5 Å². The van der Waals surface area contributed by atoms with Crippen molar-refractivity contribution in [2.75, 3.05) is 0 Å². The molecule has 0 atom stereocenters. The molecule has 164 valence electrons. The Bertz CT molecular complexity index is 912. The highest BCUT2D eigenvalue weighted by Gasteiger charge is 2.21. The maximum absolute atomic E-state index is 12.2. The topological polar surface area (TPSA) is 57.6 Å². The highest BCUT2D eigenvalue weighted by atomic mass is 35.5. The van der Waals surface area contributed by atoms with Gasteiger partial charge >= 0.3 is 11.9 Å². The Kier molecular flexibility index (Phi) is 10.7. The molecule has 2 rings (SSSR count). The van der Waals surface area contributed by atoms with Crippen molar-refractivity contribution in [3.05, 3.63) is 70.2 Å². The van der Waals surface area contributed by atoms with Gasteiger partial charge in [0.2, 0.25) is 0 Å². The SMILES string of the molecule is CCCCCCCCC#Cc1ccc(CN(Cc2cccc(Cl)c2)C(=O)C(=O)O)cc1. The van der Waals surface area contributed by atoms with Gasteiger partial charge in [-0.15, -0.1) is 0 Å². The minimum absolute atomic E-state index is 0.172. The van der Waals surface area contributed by atoms with Gasteiger partial charge in [-0.2, -0.15) is 0 Å². The lowest BCUT2D eigenvalue weighted by Gasteiger charge is -2.21. The summed E-state index contributed by atoms with van der Waals surface area (Å²) in [6.07, 6.45) is 8.42. The van der Waals surface area contributed by atoms with Crippen LogP contribution in [0.3, 0.4) is 0 Å². The molecule has 0 aliphatic rings. The Labute approximate surface area is 190 Å². The fourth-order valence-corrected chi connectivity index (χ4v) is 3.48. The van der Waals surface area contributed by atoms with Crippen molar-refractivity contribution in [1.82, 2.24) is 4.90 Å². The predicted molar refractivity (Wildman–Crippen MR) is 125 cm³/mol. The van der Waals surface area contributed by atoms with E-state index < -0.39 is 11.9 Å². The molecule has 0 fully saturated rings. The van der Waals surface area contributed by atoms with Crippen molar-refractivity contribution in [1.29, 1.82) is 0 Å². The molecule has 4 nitrogen and oxygen atoms in total. The van der Waals surface area contributed by atoms with Crippen LogP contribution < -0.4 is 0 Å². The second kappa shape index (κ2) is 13.5. The fraction of sp³-hybridized carbons (Fsp3) is 0.385. The summed E-state index contributed by atoms with van der Waals surface area (Å²) in [7, 11) is 0. The molecule has 0 saturated heterocycles. The lowest BCUT2D eigenvalue weighted by molar-refractivity contribution is -0.156. The van der Waals surface area contributed by atoms with Crippen LogP contribution in [-0.2, 0) is 22.7 Å². The number of carboxylic acids is 1. The van der Waals surface area contributed by atoms with E-state index in [0.29, 0.717) is 5.02 Å². The van der Waals surface area contributed by atoms with Crippen LogP contribution >= 0.6 is 11.6 Å². The summed E-state index contributed by atoms with van der Waals surface area (Å²) >= 11 is 6.01. The molecule has 0 aliphatic heterocycles. The molecule has 0 unspecified atom stereocenters. The Morgan fingerprint density at radius 3 is 2.29 bits per heavy atom. The van der Waals surface area contributed by atoms with E-state index in [2.05, 4.69) is 18.8 Å². The summed E-state index contributed by atoms with van der Waals surface area (Å²) in [5.41, 5.74) is 2.54. The number of nitrogens with zero attached hydrogens (tertiary/aromatic N) is 1. The number of carbonyl (C=O) groups is 2. The average Bonchev–Trinajstić information content (AvgIpc) is 2.75. The summed E-state index contributed by atoms with van der Waals surface area (Å²) in [6.45, 7) is 2.59. The molecule has 0 saturated carbocycles. The monoisotopic (exact) mass is 439 g/mol. The average molecular weight is 440 g/mol. The number of aliphatic carboxylic acids is 1. The highest BCUT2D eigenvalue weighted by Crippen LogP contribution is 2.15. The first-order valence-electron chi connectivity index (χ1n) is 10.8. The van der Waals surface area contributed by atoms with Crippen LogP contribution in [0.15, 0.2) is 48.5 Å². The second-order valence-corrected chi connectivity index (χ2v) is 8.05. The van der Waals surface area contributed by atoms with Crippen LogP contribution in [0.4, 0.5) is 0 Å². The zero-order valence-electron chi connectivity index (χ0n) is 18.1. The Morgan fingerprint density at radius 1 is 0.935 bits per heavy atom. The molecule has 31 heavy (non-hydrogen) atoms. The largest absolute Gasteiger partial charge is 0.474 e. The van der Waals surface area contributed by atoms with E-state index in [-0.39, 0.29) is 13.1 Å². The van der Waals surface area contributed by atoms with Gasteiger partial charge in [-0.3, -0.25) is 4.79 Å². The highest BCUT2D eigenvalue weighted by molar-refractivity contribution is 6.31. The standard InChI is InChI=1S/C26H30ClNO3/c1-2-3-4-5-6-7-8-9-11-21-14-16-22(17-15-21)19-28(25(29)26(30)31)20-23-12-10-13-24(27)18-23/h10,12-18H,2-8,19-20H2,1H3,(H,30,31). The third-order valence-corrected chi connectivity index (χ3v) is 5.18. The quantitative estimate of drug-likeness (QED) is 0.278. The van der Waals surface area contributed by atoms with Crippen molar-refractivity contribution in [2.24, 2.45) is 0 Å². The molecule has 0 aliphatic carbocycles. The van der Waals surface area contributed by atoms with E-state index in [1.807, 2.05) is 30.3 Å². The van der Waals surface area contributed by atoms with E-state index in [1.165, 1.54) is 37.0 Å². The van der Waals surface area contributed by atoms with Gasteiger partial charge in [0.05, 0.1) is 0 Å². The lowest BCUT2D eigenvalue weighted by Crippen LogP contribution is -2.35. The van der Waals surface area contributed by atoms with Crippen LogP contribution in [0.5, 0.6) is 0 Å². The molecule has 0 aromatic heterocycles. The fourth-order valence-electron chi connectivity index (χ4n) is 3.26. The number of amides is 1. The molecule has 2 aromatic rings. The summed E-state index contributed by atoms with van der Waals surface area (Å²) < 4.78 is 0. The van der Waals surface area contributed by atoms with Gasteiger partial charge in [-0.1, -0.05) is 86.7 Å². The number of halogens is 1. The molecule has 0 radical (unpaired) electrons. The molecule has 0 spiro atoms. The van der Waals surface area contributed by atoms with Crippen molar-refractivity contribution in [3.63, 3.8) is 0 Å². The maximum atomic E-state index is 12.2. The van der Waals surface area contributed by atoms with E-state index >= 15 is 0 Å². The molecule has 2 aromatic carbocycles. The summed E-state index contributed by atoms with van der Waals surface area (Å²) in [4.78, 5) is 24.7. The zero-order valence-corrected chi connectivity index (χ0v) is 18.8. The number of carbonyl (C=O) groups excluding carboxylic acids is 1. The number of rotatable bonds is 10. The van der Waals surface area contributed by atoms with Gasteiger partial charge in [0.25, 0.3) is 0 Å². The summed E-state index contributed by atoms with van der Waals surface area (Å²) in [6, 6.07) is 14.6. The van der Waals surface area contributed by atoms with Crippen molar-refractivity contribution in [2.45, 2.75) is 65.0 Å². The molecular weight excluding hydrogens is 410 g/mol. The van der Waals surface area contributed by atoms with E-state index in [1.54, 1.807) is 18.2 Å². The first-order chi connectivity index (χ1) is 15.0. The minimum Gasteiger partial charge on any atom is -0.474 e. The zero-order chi connectivity index (χ0) is 22.5. The van der Waals surface area contributed by atoms with Crippen LogP contribution in [0.1, 0.15) is 68.6 Å². The van der Waals surface area contributed by atoms with Crippen molar-refractivity contribution in [3.8, 4) is 11.8 Å². The van der Waals surface area contributed by atoms with Crippen LogP contribution in [0.25, 0.3) is 0 Å². The Morgan fingerprint density at radius 2 is 1.61 bits per heavy atom. The van der Waals surface area contributed by atoms with E-state index in [4.69, 9.17) is 11.6 Å². The molecular formula is C26H30ClNO3. The minimum atomic E-state index is -1.47. The van der Waals surface area contributed by atoms with Gasteiger partial charge in [0.1, 0.15) is 0 Å². The summed E-state index contributed by atoms with van der Waals surface area (Å²) in [5.74, 6) is 3.98. The number of carboxylic acid groups (broad SMARTS) is 1. The Balaban J connectivity index is 1.93. The van der Waals surface area contributed by atoms with Crippen LogP contribution in [0, 0.1) is 11.8 Å². The summed E-state index contributed by atoms with van der Waals surface area (Å²) in [5, 5.41) is 9.72. The molecule has 1 N–H and O–H groups in total. The third kappa shape index (κ3) is 9.27. The van der Waals surface area contributed by atoms with Gasteiger partial charge in [-0.25, -0.2) is 4.79 Å². The third-order valence-electron chi connectivity index (χ3n) is 4.95. The number of unbranched alkanes of at least 4 members (excludes halogenated alkanes) is 6. The van der Waals surface area contributed by atoms with Gasteiger partial charge in [0, 0.05) is 30.1 Å². The molecule has 0 bridgehead atoms. The molecule has 5 heteroatoms. The maximum Gasteiger partial charge on any atom is 0.394 e. The first kappa shape index (κ1) is 24.5. The van der Waals surface area contributed by atoms with Crippen LogP contribution in [0.2, 0.25) is 5.02 Å². The number of benzene rings is 2. The molecule has 0 heterocycles. The molecule has 1 amide bonds. The first-order valence-corrected chi connectivity index (χ1v) is 11.2. The Hall–Kier alpha value is -2.77. The van der Waals surface area contributed by atoms with Gasteiger partial charge in [-0.05, 0) is 41.8 Å². The smallest absolute Gasteiger partial charge is 0.394 e. The normalized spacial score (nSPS) is 10.3. The van der Waals surface area contributed by atoms with Crippen molar-refractivity contribution >= 4 is 23.5 Å². The number of hydrogen-bond acceptors (Lipinski definition) is 2. The second-order valence-electron chi connectivity index (χ2n) is 7.61. The van der Waals surface area contributed by atoms with Gasteiger partial charge in [0.15, 0.2) is 0 Å². The van der Waals surface area contributed by atoms with E-state index in [9.17, 15) is 14.7 Å². The lowest BCUT2D eigenvalue weighted by atomic mass is 10.1. The number of hydrogen-bond donors (Lipinski definition) is 1. The van der Waals surface area contributed by atoms with Gasteiger partial charge < -0.3 is 10.0 Å².